The number of carbonyl (C=O) groups is 1. The number of amides is 1. The van der Waals surface area contributed by atoms with Crippen molar-refractivity contribution >= 4 is 5.91 Å². The molecule has 0 saturated carbocycles. The predicted octanol–water partition coefficient (Wildman–Crippen LogP) is 2.72. The van der Waals surface area contributed by atoms with Crippen LogP contribution < -0.4 is 5.73 Å². The molecule has 0 bridgehead atoms. The standard InChI is InChI=1S/C12H19NO/c1-3-8-11(4-2)9-6-5-7-10-12(13)14/h3-4,8H,1-2,5-7,9-10H2,(H2,13,14)/b11-8+. The Bertz CT molecular complexity index is 228. The van der Waals surface area contributed by atoms with E-state index in [1.165, 1.54) is 5.57 Å². The lowest BCUT2D eigenvalue weighted by atomic mass is 10.1. The maximum absolute atomic E-state index is 10.4. The van der Waals surface area contributed by atoms with Crippen molar-refractivity contribution in [2.24, 2.45) is 5.73 Å². The minimum absolute atomic E-state index is 0.212. The van der Waals surface area contributed by atoms with E-state index in [1.54, 1.807) is 6.08 Å². The Morgan fingerprint density at radius 3 is 2.29 bits per heavy atom. The van der Waals surface area contributed by atoms with Gasteiger partial charge in [0.15, 0.2) is 0 Å². The molecule has 0 fully saturated rings. The molecule has 0 aromatic rings. The molecule has 1 amide bonds. The monoisotopic (exact) mass is 193 g/mol. The van der Waals surface area contributed by atoms with Crippen molar-refractivity contribution in [2.45, 2.75) is 32.1 Å². The van der Waals surface area contributed by atoms with Gasteiger partial charge in [0.2, 0.25) is 5.91 Å². The molecule has 78 valence electrons. The number of rotatable bonds is 8. The molecular formula is C12H19NO. The fourth-order valence-electron chi connectivity index (χ4n) is 1.21. The van der Waals surface area contributed by atoms with Crippen LogP contribution in [0.25, 0.3) is 0 Å². The second-order valence-electron chi connectivity index (χ2n) is 3.21. The Morgan fingerprint density at radius 1 is 1.14 bits per heavy atom. The van der Waals surface area contributed by atoms with E-state index >= 15 is 0 Å². The molecule has 0 aliphatic heterocycles. The summed E-state index contributed by atoms with van der Waals surface area (Å²) in [6.07, 6.45) is 10.0. The van der Waals surface area contributed by atoms with Crippen molar-refractivity contribution in [1.82, 2.24) is 0 Å². The molecule has 2 nitrogen and oxygen atoms in total. The highest BCUT2D eigenvalue weighted by Gasteiger charge is 1.95. The number of unbranched alkanes of at least 4 members (excludes halogenated alkanes) is 2. The van der Waals surface area contributed by atoms with Crippen molar-refractivity contribution in [3.63, 3.8) is 0 Å². The zero-order valence-electron chi connectivity index (χ0n) is 8.67. The highest BCUT2D eigenvalue weighted by atomic mass is 16.1. The van der Waals surface area contributed by atoms with Crippen molar-refractivity contribution in [3.05, 3.63) is 37.0 Å². The summed E-state index contributed by atoms with van der Waals surface area (Å²) in [6.45, 7) is 7.35. The van der Waals surface area contributed by atoms with E-state index in [1.807, 2.05) is 12.2 Å². The second-order valence-corrected chi connectivity index (χ2v) is 3.21. The summed E-state index contributed by atoms with van der Waals surface area (Å²) in [7, 11) is 0. The van der Waals surface area contributed by atoms with Gasteiger partial charge in [0.25, 0.3) is 0 Å². The molecule has 2 N–H and O–H groups in total. The Morgan fingerprint density at radius 2 is 1.79 bits per heavy atom. The summed E-state index contributed by atoms with van der Waals surface area (Å²) in [5, 5.41) is 0. The average Bonchev–Trinajstić information content (AvgIpc) is 2.15. The number of carbonyl (C=O) groups excluding carboxylic acids is 1. The first-order chi connectivity index (χ1) is 6.70. The summed E-state index contributed by atoms with van der Waals surface area (Å²) in [6, 6.07) is 0. The van der Waals surface area contributed by atoms with Crippen LogP contribution in [0.3, 0.4) is 0 Å². The molecule has 0 atom stereocenters. The fourth-order valence-corrected chi connectivity index (χ4v) is 1.21. The molecular weight excluding hydrogens is 174 g/mol. The minimum Gasteiger partial charge on any atom is -0.370 e. The molecule has 0 aromatic heterocycles. The van der Waals surface area contributed by atoms with Crippen molar-refractivity contribution in [1.29, 1.82) is 0 Å². The third-order valence-electron chi connectivity index (χ3n) is 1.98. The Hall–Kier alpha value is -1.31. The van der Waals surface area contributed by atoms with Crippen molar-refractivity contribution in [3.8, 4) is 0 Å². The van der Waals surface area contributed by atoms with E-state index in [0.717, 1.165) is 25.7 Å². The van der Waals surface area contributed by atoms with Gasteiger partial charge in [-0.05, 0) is 24.8 Å². The molecule has 0 aliphatic carbocycles. The number of allylic oxidation sites excluding steroid dienone is 4. The SMILES string of the molecule is C=C/C=C(\C=C)CCCCCC(N)=O. The molecule has 2 heteroatoms. The lowest BCUT2D eigenvalue weighted by Crippen LogP contribution is -2.09. The smallest absolute Gasteiger partial charge is 0.217 e. The fraction of sp³-hybridized carbons (Fsp3) is 0.417. The van der Waals surface area contributed by atoms with E-state index in [4.69, 9.17) is 5.73 Å². The van der Waals surface area contributed by atoms with Gasteiger partial charge in [-0.3, -0.25) is 4.79 Å². The van der Waals surface area contributed by atoms with Gasteiger partial charge in [-0.2, -0.15) is 0 Å². The second kappa shape index (κ2) is 8.30. The highest BCUT2D eigenvalue weighted by molar-refractivity contribution is 5.73. The maximum Gasteiger partial charge on any atom is 0.217 e. The lowest BCUT2D eigenvalue weighted by Gasteiger charge is -2.00. The van der Waals surface area contributed by atoms with E-state index in [2.05, 4.69) is 13.2 Å². The van der Waals surface area contributed by atoms with Crippen LogP contribution in [-0.4, -0.2) is 5.91 Å². The summed E-state index contributed by atoms with van der Waals surface area (Å²) >= 11 is 0. The largest absolute Gasteiger partial charge is 0.370 e. The Labute approximate surface area is 86.2 Å². The molecule has 14 heavy (non-hydrogen) atoms. The van der Waals surface area contributed by atoms with Gasteiger partial charge in [-0.1, -0.05) is 37.8 Å². The van der Waals surface area contributed by atoms with Gasteiger partial charge in [0.1, 0.15) is 0 Å². The van der Waals surface area contributed by atoms with Crippen LogP contribution in [-0.2, 0) is 4.79 Å². The van der Waals surface area contributed by atoms with E-state index < -0.39 is 0 Å². The third kappa shape index (κ3) is 7.35. The molecule has 0 unspecified atom stereocenters. The first-order valence-electron chi connectivity index (χ1n) is 4.93. The Balaban J connectivity index is 3.52. The van der Waals surface area contributed by atoms with Crippen LogP contribution in [0.15, 0.2) is 37.0 Å². The summed E-state index contributed by atoms with van der Waals surface area (Å²) in [5.41, 5.74) is 6.22. The molecule has 0 saturated heterocycles. The van der Waals surface area contributed by atoms with Crippen molar-refractivity contribution in [2.75, 3.05) is 0 Å². The third-order valence-corrected chi connectivity index (χ3v) is 1.98. The normalized spacial score (nSPS) is 11.0. The van der Waals surface area contributed by atoms with Crippen LogP contribution in [0.1, 0.15) is 32.1 Å². The molecule has 0 aromatic carbocycles. The zero-order chi connectivity index (χ0) is 10.8. The summed E-state index contributed by atoms with van der Waals surface area (Å²) < 4.78 is 0. The van der Waals surface area contributed by atoms with Crippen LogP contribution in [0.4, 0.5) is 0 Å². The number of nitrogens with two attached hydrogens (primary N) is 1. The van der Waals surface area contributed by atoms with Gasteiger partial charge < -0.3 is 5.73 Å². The lowest BCUT2D eigenvalue weighted by molar-refractivity contribution is -0.118. The molecule has 0 heterocycles. The minimum atomic E-state index is -0.212. The maximum atomic E-state index is 10.4. The first-order valence-corrected chi connectivity index (χ1v) is 4.93. The van der Waals surface area contributed by atoms with Gasteiger partial charge in [0, 0.05) is 6.42 Å². The van der Waals surface area contributed by atoms with Crippen molar-refractivity contribution < 1.29 is 4.79 Å². The average molecular weight is 193 g/mol. The quantitative estimate of drug-likeness (QED) is 0.467. The van der Waals surface area contributed by atoms with E-state index in [0.29, 0.717) is 6.42 Å². The zero-order valence-corrected chi connectivity index (χ0v) is 8.67. The number of hydrogen-bond donors (Lipinski definition) is 1. The number of hydrogen-bond acceptors (Lipinski definition) is 1. The van der Waals surface area contributed by atoms with Crippen LogP contribution >= 0.6 is 0 Å². The predicted molar refractivity (Wildman–Crippen MR) is 60.8 cm³/mol. The summed E-state index contributed by atoms with van der Waals surface area (Å²) in [4.78, 5) is 10.4. The van der Waals surface area contributed by atoms with Crippen LogP contribution in [0, 0.1) is 0 Å². The molecule has 0 aliphatic rings. The van der Waals surface area contributed by atoms with Crippen LogP contribution in [0.2, 0.25) is 0 Å². The Kier molecular flexibility index (Phi) is 7.52. The van der Waals surface area contributed by atoms with Crippen LogP contribution in [0.5, 0.6) is 0 Å². The van der Waals surface area contributed by atoms with E-state index in [-0.39, 0.29) is 5.91 Å². The molecule has 0 spiro atoms. The topological polar surface area (TPSA) is 43.1 Å². The van der Waals surface area contributed by atoms with Gasteiger partial charge in [0.05, 0.1) is 0 Å². The highest BCUT2D eigenvalue weighted by Crippen LogP contribution is 2.10. The van der Waals surface area contributed by atoms with Gasteiger partial charge in [-0.25, -0.2) is 0 Å². The van der Waals surface area contributed by atoms with Gasteiger partial charge in [-0.15, -0.1) is 0 Å². The molecule has 0 rings (SSSR count). The first kappa shape index (κ1) is 12.7. The van der Waals surface area contributed by atoms with E-state index in [9.17, 15) is 4.79 Å². The number of primary amides is 1. The molecule has 0 radical (unpaired) electrons. The summed E-state index contributed by atoms with van der Waals surface area (Å²) in [5.74, 6) is -0.212. The van der Waals surface area contributed by atoms with Gasteiger partial charge >= 0.3 is 0 Å².